The van der Waals surface area contributed by atoms with E-state index >= 15 is 0 Å². The number of aromatic nitrogens is 4. The number of ether oxygens (including phenoxy) is 1. The van der Waals surface area contributed by atoms with E-state index in [1.165, 1.54) is 11.1 Å². The number of nitrogens with zero attached hydrogens (tertiary/aromatic N) is 4. The third kappa shape index (κ3) is 4.79. The number of benzene rings is 2. The van der Waals surface area contributed by atoms with Gasteiger partial charge in [0.25, 0.3) is 0 Å². The van der Waals surface area contributed by atoms with Crippen LogP contribution < -0.4 is 10.1 Å². The lowest BCUT2D eigenvalue weighted by Gasteiger charge is -2.09. The number of rotatable bonds is 8. The smallest absolute Gasteiger partial charge is 0.243 e. The van der Waals surface area contributed by atoms with Crippen LogP contribution in [0.1, 0.15) is 30.0 Å². The normalized spacial score (nSPS) is 10.6. The lowest BCUT2D eigenvalue weighted by Crippen LogP contribution is -2.08. The highest BCUT2D eigenvalue weighted by Crippen LogP contribution is 2.15. The van der Waals surface area contributed by atoms with Crippen molar-refractivity contribution >= 4 is 5.95 Å². The molecule has 6 heteroatoms. The molecule has 0 saturated heterocycles. The third-order valence-corrected chi connectivity index (χ3v) is 3.83. The first kappa shape index (κ1) is 17.0. The molecule has 0 unspecified atom stereocenters. The molecule has 0 aliphatic rings. The molecule has 1 N–H and O–H groups in total. The summed E-state index contributed by atoms with van der Waals surface area (Å²) < 4.78 is 7.62. The maximum absolute atomic E-state index is 5.85. The number of hydrogen-bond acceptors (Lipinski definition) is 5. The number of tetrazole rings is 1. The van der Waals surface area contributed by atoms with Gasteiger partial charge in [0.2, 0.25) is 5.95 Å². The maximum Gasteiger partial charge on any atom is 0.243 e. The Morgan fingerprint density at radius 1 is 1.08 bits per heavy atom. The summed E-state index contributed by atoms with van der Waals surface area (Å²) in [6.45, 7) is 6.23. The molecule has 0 bridgehead atoms. The van der Waals surface area contributed by atoms with Crippen molar-refractivity contribution in [3.8, 4) is 5.75 Å². The van der Waals surface area contributed by atoms with Crippen molar-refractivity contribution in [1.29, 1.82) is 0 Å². The molecule has 3 rings (SSSR count). The molecule has 1 heterocycles. The predicted octanol–water partition coefficient (Wildman–Crippen LogP) is 3.58. The Morgan fingerprint density at radius 2 is 1.92 bits per heavy atom. The van der Waals surface area contributed by atoms with Crippen molar-refractivity contribution < 1.29 is 4.74 Å². The molecule has 6 nitrogen and oxygen atoms in total. The predicted molar refractivity (Wildman–Crippen MR) is 97.4 cm³/mol. The van der Waals surface area contributed by atoms with Crippen LogP contribution in [-0.4, -0.2) is 20.2 Å². The van der Waals surface area contributed by atoms with Crippen LogP contribution in [0.4, 0.5) is 5.95 Å². The second-order valence-corrected chi connectivity index (χ2v) is 6.00. The summed E-state index contributed by atoms with van der Waals surface area (Å²) in [5, 5.41) is 14.9. The second-order valence-electron chi connectivity index (χ2n) is 6.00. The lowest BCUT2D eigenvalue weighted by atomic mass is 10.1. The van der Waals surface area contributed by atoms with Gasteiger partial charge in [-0.3, -0.25) is 0 Å². The highest BCUT2D eigenvalue weighted by molar-refractivity contribution is 5.31. The quantitative estimate of drug-likeness (QED) is 0.680. The topological polar surface area (TPSA) is 64.9 Å². The van der Waals surface area contributed by atoms with Crippen LogP contribution in [0.5, 0.6) is 5.75 Å². The Hall–Kier alpha value is -2.89. The lowest BCUT2D eigenvalue weighted by molar-refractivity contribution is 0.306. The van der Waals surface area contributed by atoms with Gasteiger partial charge in [0.05, 0.1) is 0 Å². The molecule has 1 aromatic heterocycles. The van der Waals surface area contributed by atoms with Gasteiger partial charge in [0, 0.05) is 13.1 Å². The molecule has 0 aliphatic carbocycles. The Kier molecular flexibility index (Phi) is 5.61. The zero-order valence-electron chi connectivity index (χ0n) is 14.6. The SMILES string of the molecule is CCCn1nnnc1NCc1ccc(OCc2cccc(C)c2)cc1. The van der Waals surface area contributed by atoms with E-state index in [0.717, 1.165) is 24.3 Å². The molecule has 0 spiro atoms. The Morgan fingerprint density at radius 3 is 2.68 bits per heavy atom. The van der Waals surface area contributed by atoms with Crippen LogP contribution in [0.2, 0.25) is 0 Å². The fourth-order valence-corrected chi connectivity index (χ4v) is 2.55. The van der Waals surface area contributed by atoms with E-state index in [0.29, 0.717) is 19.1 Å². The third-order valence-electron chi connectivity index (χ3n) is 3.83. The minimum absolute atomic E-state index is 0.574. The minimum Gasteiger partial charge on any atom is -0.489 e. The molecule has 0 atom stereocenters. The highest BCUT2D eigenvalue weighted by atomic mass is 16.5. The van der Waals surface area contributed by atoms with Gasteiger partial charge >= 0.3 is 0 Å². The molecule has 0 aliphatic heterocycles. The zero-order valence-corrected chi connectivity index (χ0v) is 14.6. The van der Waals surface area contributed by atoms with Crippen LogP contribution in [0, 0.1) is 6.92 Å². The number of aryl methyl sites for hydroxylation is 2. The molecule has 0 radical (unpaired) electrons. The van der Waals surface area contributed by atoms with Crippen LogP contribution in [0.3, 0.4) is 0 Å². The highest BCUT2D eigenvalue weighted by Gasteiger charge is 2.04. The van der Waals surface area contributed by atoms with Crippen molar-refractivity contribution in [3.63, 3.8) is 0 Å². The first-order valence-electron chi connectivity index (χ1n) is 8.52. The number of nitrogens with one attached hydrogen (secondary N) is 1. The van der Waals surface area contributed by atoms with E-state index < -0.39 is 0 Å². The van der Waals surface area contributed by atoms with Gasteiger partial charge in [-0.05, 0) is 47.0 Å². The van der Waals surface area contributed by atoms with Crippen LogP contribution in [0.15, 0.2) is 48.5 Å². The largest absolute Gasteiger partial charge is 0.489 e. The van der Waals surface area contributed by atoms with Crippen molar-refractivity contribution in [2.45, 2.75) is 40.0 Å². The Balaban J connectivity index is 1.52. The van der Waals surface area contributed by atoms with Crippen molar-refractivity contribution in [3.05, 3.63) is 65.2 Å². The average Bonchev–Trinajstić information content (AvgIpc) is 3.07. The summed E-state index contributed by atoms with van der Waals surface area (Å²) in [6.07, 6.45) is 0.993. The van der Waals surface area contributed by atoms with Crippen LogP contribution >= 0.6 is 0 Å². The molecule has 25 heavy (non-hydrogen) atoms. The van der Waals surface area contributed by atoms with Gasteiger partial charge in [-0.1, -0.05) is 54.0 Å². The standard InChI is InChI=1S/C19H23N5O/c1-3-11-24-19(21-22-23-24)20-13-16-7-9-18(10-8-16)25-14-17-6-4-5-15(2)12-17/h4-10,12H,3,11,13-14H2,1-2H3,(H,20,21,23). The summed E-state index contributed by atoms with van der Waals surface area (Å²) in [5.41, 5.74) is 3.57. The maximum atomic E-state index is 5.85. The monoisotopic (exact) mass is 337 g/mol. The van der Waals surface area contributed by atoms with Gasteiger partial charge in [0.15, 0.2) is 0 Å². The molecule has 130 valence electrons. The van der Waals surface area contributed by atoms with E-state index in [1.807, 2.05) is 24.3 Å². The van der Waals surface area contributed by atoms with E-state index in [4.69, 9.17) is 4.74 Å². The molecule has 0 fully saturated rings. The number of hydrogen-bond donors (Lipinski definition) is 1. The van der Waals surface area contributed by atoms with Gasteiger partial charge in [-0.2, -0.15) is 0 Å². The van der Waals surface area contributed by atoms with E-state index in [-0.39, 0.29) is 0 Å². The fourth-order valence-electron chi connectivity index (χ4n) is 2.55. The van der Waals surface area contributed by atoms with E-state index in [9.17, 15) is 0 Å². The summed E-state index contributed by atoms with van der Waals surface area (Å²) in [6, 6.07) is 16.4. The molecular formula is C19H23N5O. The van der Waals surface area contributed by atoms with Gasteiger partial charge in [-0.15, -0.1) is 0 Å². The molecule has 0 amide bonds. The molecule has 3 aromatic rings. The molecule has 2 aromatic carbocycles. The van der Waals surface area contributed by atoms with Crippen molar-refractivity contribution in [2.24, 2.45) is 0 Å². The van der Waals surface area contributed by atoms with Crippen LogP contribution in [-0.2, 0) is 19.7 Å². The van der Waals surface area contributed by atoms with Crippen molar-refractivity contribution in [2.75, 3.05) is 5.32 Å². The zero-order chi connectivity index (χ0) is 17.5. The fraction of sp³-hybridized carbons (Fsp3) is 0.316. The molecule has 0 saturated carbocycles. The Labute approximate surface area is 147 Å². The minimum atomic E-state index is 0.574. The summed E-state index contributed by atoms with van der Waals surface area (Å²) in [7, 11) is 0. The van der Waals surface area contributed by atoms with Crippen LogP contribution in [0.25, 0.3) is 0 Å². The first-order chi connectivity index (χ1) is 12.2. The molecular weight excluding hydrogens is 314 g/mol. The second kappa shape index (κ2) is 8.28. The number of anilines is 1. The Bertz CT molecular complexity index is 798. The van der Waals surface area contributed by atoms with Gasteiger partial charge in [-0.25, -0.2) is 4.68 Å². The summed E-state index contributed by atoms with van der Waals surface area (Å²) in [5.74, 6) is 1.56. The van der Waals surface area contributed by atoms with E-state index in [2.05, 4.69) is 59.0 Å². The first-order valence-corrected chi connectivity index (χ1v) is 8.52. The van der Waals surface area contributed by atoms with E-state index in [1.54, 1.807) is 4.68 Å². The summed E-state index contributed by atoms with van der Waals surface area (Å²) in [4.78, 5) is 0. The van der Waals surface area contributed by atoms with Gasteiger partial charge < -0.3 is 10.1 Å². The van der Waals surface area contributed by atoms with Crippen molar-refractivity contribution in [1.82, 2.24) is 20.2 Å². The van der Waals surface area contributed by atoms with Gasteiger partial charge in [0.1, 0.15) is 12.4 Å². The average molecular weight is 337 g/mol. The summed E-state index contributed by atoms with van der Waals surface area (Å²) >= 11 is 0.